The fourth-order valence-electron chi connectivity index (χ4n) is 2.35. The van der Waals surface area contributed by atoms with Crippen LogP contribution in [0.4, 0.5) is 0 Å². The van der Waals surface area contributed by atoms with Gasteiger partial charge in [-0.05, 0) is 13.0 Å². The molecule has 0 radical (unpaired) electrons. The molecule has 0 unspecified atom stereocenters. The summed E-state index contributed by atoms with van der Waals surface area (Å²) in [6.07, 6.45) is 0. The Labute approximate surface area is 126 Å². The molecular weight excluding hydrogens is 286 g/mol. The minimum absolute atomic E-state index is 0.110. The summed E-state index contributed by atoms with van der Waals surface area (Å²) in [6, 6.07) is 7.66. The highest BCUT2D eigenvalue weighted by Gasteiger charge is 2.24. The van der Waals surface area contributed by atoms with E-state index < -0.39 is 5.97 Å². The number of rotatable bonds is 3. The lowest BCUT2D eigenvalue weighted by Gasteiger charge is -1.98. The van der Waals surface area contributed by atoms with Gasteiger partial charge in [0.05, 0.1) is 9.88 Å². The maximum absolute atomic E-state index is 11.5. The predicted octanol–water partition coefficient (Wildman–Crippen LogP) is 4.69. The third kappa shape index (κ3) is 2.23. The van der Waals surface area contributed by atoms with Gasteiger partial charge in [0.25, 0.3) is 0 Å². The van der Waals surface area contributed by atoms with Gasteiger partial charge in [-0.2, -0.15) is 0 Å². The summed E-state index contributed by atoms with van der Waals surface area (Å²) in [5.41, 5.74) is 1.71. The number of carbonyl (C=O) groups is 1. The highest BCUT2D eigenvalue weighted by atomic mass is 32.1. The summed E-state index contributed by atoms with van der Waals surface area (Å²) in [6.45, 7) is 5.87. The maximum atomic E-state index is 11.5. The number of thiazole rings is 1. The van der Waals surface area contributed by atoms with Gasteiger partial charge in [-0.3, -0.25) is 0 Å². The molecule has 0 aliphatic rings. The number of carboxylic acid groups (broad SMARTS) is 1. The van der Waals surface area contributed by atoms with Crippen molar-refractivity contribution in [3.63, 3.8) is 0 Å². The monoisotopic (exact) mass is 301 g/mol. The van der Waals surface area contributed by atoms with Crippen LogP contribution in [-0.2, 0) is 0 Å². The van der Waals surface area contributed by atoms with Crippen LogP contribution in [0.1, 0.15) is 41.0 Å². The molecule has 1 aromatic carbocycles. The number of furan rings is 1. The molecule has 5 heteroatoms. The van der Waals surface area contributed by atoms with Crippen molar-refractivity contribution in [2.24, 2.45) is 0 Å². The maximum Gasteiger partial charge on any atom is 0.356 e. The second kappa shape index (κ2) is 5.00. The Bertz CT molecular complexity index is 829. The lowest BCUT2D eigenvalue weighted by atomic mass is 10.1. The molecule has 3 rings (SSSR count). The summed E-state index contributed by atoms with van der Waals surface area (Å²) >= 11 is 1.43. The molecule has 0 aliphatic heterocycles. The average Bonchev–Trinajstić information content (AvgIpc) is 2.98. The third-order valence-electron chi connectivity index (χ3n) is 3.34. The van der Waals surface area contributed by atoms with Crippen LogP contribution in [0.5, 0.6) is 0 Å². The number of fused-ring (bicyclic) bond motifs is 1. The van der Waals surface area contributed by atoms with E-state index >= 15 is 0 Å². The molecule has 0 saturated carbocycles. The van der Waals surface area contributed by atoms with Crippen LogP contribution in [0, 0.1) is 6.92 Å². The third-order valence-corrected chi connectivity index (χ3v) is 4.71. The van der Waals surface area contributed by atoms with E-state index in [0.29, 0.717) is 4.88 Å². The molecule has 0 aliphatic carbocycles. The van der Waals surface area contributed by atoms with Gasteiger partial charge in [0.2, 0.25) is 0 Å². The first-order chi connectivity index (χ1) is 9.99. The number of aromatic carboxylic acids is 1. The first-order valence-electron chi connectivity index (χ1n) is 6.71. The molecule has 21 heavy (non-hydrogen) atoms. The second-order valence-electron chi connectivity index (χ2n) is 5.22. The lowest BCUT2D eigenvalue weighted by Crippen LogP contribution is -1.99. The standard InChI is InChI=1S/C16H15NO3S/c1-8(2)15-17-13(16(18)19)14(21-15)12-9(3)20-11-7-5-4-6-10(11)12/h4-8H,1-3H3,(H,18,19). The Morgan fingerprint density at radius 3 is 2.71 bits per heavy atom. The van der Waals surface area contributed by atoms with E-state index in [-0.39, 0.29) is 11.6 Å². The number of hydrogen-bond acceptors (Lipinski definition) is 4. The van der Waals surface area contributed by atoms with E-state index in [4.69, 9.17) is 4.42 Å². The van der Waals surface area contributed by atoms with E-state index in [1.807, 2.05) is 45.0 Å². The Morgan fingerprint density at radius 1 is 1.33 bits per heavy atom. The van der Waals surface area contributed by atoms with E-state index in [2.05, 4.69) is 4.98 Å². The molecule has 4 nitrogen and oxygen atoms in total. The number of aryl methyl sites for hydroxylation is 1. The lowest BCUT2D eigenvalue weighted by molar-refractivity contribution is 0.0692. The molecule has 0 spiro atoms. The molecule has 2 heterocycles. The predicted molar refractivity (Wildman–Crippen MR) is 83.1 cm³/mol. The average molecular weight is 301 g/mol. The van der Waals surface area contributed by atoms with Crippen LogP contribution < -0.4 is 0 Å². The number of aromatic nitrogens is 1. The Hall–Kier alpha value is -2.14. The number of benzene rings is 1. The summed E-state index contributed by atoms with van der Waals surface area (Å²) < 4.78 is 5.74. The van der Waals surface area contributed by atoms with E-state index in [1.165, 1.54) is 11.3 Å². The zero-order chi connectivity index (χ0) is 15.1. The van der Waals surface area contributed by atoms with Gasteiger partial charge in [-0.25, -0.2) is 9.78 Å². The largest absolute Gasteiger partial charge is 0.476 e. The minimum Gasteiger partial charge on any atom is -0.476 e. The molecule has 2 aromatic heterocycles. The smallest absolute Gasteiger partial charge is 0.356 e. The molecule has 1 N–H and O–H groups in total. The summed E-state index contributed by atoms with van der Waals surface area (Å²) in [5, 5.41) is 11.2. The van der Waals surface area contributed by atoms with Gasteiger partial charge >= 0.3 is 5.97 Å². The topological polar surface area (TPSA) is 63.3 Å². The van der Waals surface area contributed by atoms with Gasteiger partial charge in [0.1, 0.15) is 11.3 Å². The van der Waals surface area contributed by atoms with Crippen LogP contribution in [0.15, 0.2) is 28.7 Å². The SMILES string of the molecule is Cc1oc2ccccc2c1-c1sc(C(C)C)nc1C(=O)O. The number of carboxylic acids is 1. The highest BCUT2D eigenvalue weighted by Crippen LogP contribution is 2.40. The molecule has 0 bridgehead atoms. The van der Waals surface area contributed by atoms with Crippen molar-refractivity contribution in [2.75, 3.05) is 0 Å². The van der Waals surface area contributed by atoms with Crippen molar-refractivity contribution in [3.05, 3.63) is 40.7 Å². The molecule has 108 valence electrons. The quantitative estimate of drug-likeness (QED) is 0.762. The van der Waals surface area contributed by atoms with Gasteiger partial charge in [-0.1, -0.05) is 32.0 Å². The molecule has 0 saturated heterocycles. The van der Waals surface area contributed by atoms with Gasteiger partial charge < -0.3 is 9.52 Å². The molecule has 0 atom stereocenters. The number of para-hydroxylation sites is 1. The van der Waals surface area contributed by atoms with E-state index in [1.54, 1.807) is 0 Å². The zero-order valence-corrected chi connectivity index (χ0v) is 12.8. The Kier molecular flexibility index (Phi) is 3.29. The molecule has 0 fully saturated rings. The number of nitrogens with zero attached hydrogens (tertiary/aromatic N) is 1. The van der Waals surface area contributed by atoms with Gasteiger partial charge in [-0.15, -0.1) is 11.3 Å². The van der Waals surface area contributed by atoms with Gasteiger partial charge in [0.15, 0.2) is 5.69 Å². The van der Waals surface area contributed by atoms with Crippen molar-refractivity contribution >= 4 is 28.3 Å². The molecular formula is C16H15NO3S. The van der Waals surface area contributed by atoms with E-state index in [0.717, 1.165) is 27.3 Å². The van der Waals surface area contributed by atoms with Crippen molar-refractivity contribution in [1.29, 1.82) is 0 Å². The normalized spacial score (nSPS) is 11.4. The van der Waals surface area contributed by atoms with Gasteiger partial charge in [0, 0.05) is 16.9 Å². The number of hydrogen-bond donors (Lipinski definition) is 1. The van der Waals surface area contributed by atoms with Crippen molar-refractivity contribution in [3.8, 4) is 10.4 Å². The molecule has 0 amide bonds. The first-order valence-corrected chi connectivity index (χ1v) is 7.53. The highest BCUT2D eigenvalue weighted by molar-refractivity contribution is 7.15. The van der Waals surface area contributed by atoms with Crippen molar-refractivity contribution in [1.82, 2.24) is 4.98 Å². The molecule has 3 aromatic rings. The van der Waals surface area contributed by atoms with Crippen LogP contribution in [-0.4, -0.2) is 16.1 Å². The van der Waals surface area contributed by atoms with Crippen molar-refractivity contribution < 1.29 is 14.3 Å². The van der Waals surface area contributed by atoms with Crippen LogP contribution >= 0.6 is 11.3 Å². The summed E-state index contributed by atoms with van der Waals surface area (Å²) in [5.74, 6) is -0.0872. The van der Waals surface area contributed by atoms with E-state index in [9.17, 15) is 9.90 Å². The van der Waals surface area contributed by atoms with Crippen LogP contribution in [0.2, 0.25) is 0 Å². The van der Waals surface area contributed by atoms with Crippen LogP contribution in [0.3, 0.4) is 0 Å². The second-order valence-corrected chi connectivity index (χ2v) is 6.25. The van der Waals surface area contributed by atoms with Crippen molar-refractivity contribution in [2.45, 2.75) is 26.7 Å². The zero-order valence-electron chi connectivity index (χ0n) is 12.0. The Morgan fingerprint density at radius 2 is 2.05 bits per heavy atom. The summed E-state index contributed by atoms with van der Waals surface area (Å²) in [4.78, 5) is 16.5. The fourth-order valence-corrected chi connectivity index (χ4v) is 3.52. The minimum atomic E-state index is -1.00. The van der Waals surface area contributed by atoms with Crippen LogP contribution in [0.25, 0.3) is 21.4 Å². The fraction of sp³-hybridized carbons (Fsp3) is 0.250. The summed E-state index contributed by atoms with van der Waals surface area (Å²) in [7, 11) is 0. The first kappa shape index (κ1) is 13.8. The Balaban J connectivity index is 2.32.